The second-order valence-corrected chi connectivity index (χ2v) is 4.93. The number of hydrogen-bond acceptors (Lipinski definition) is 4. The van der Waals surface area contributed by atoms with Crippen LogP contribution in [0.4, 0.5) is 4.79 Å². The minimum Gasteiger partial charge on any atom is -0.410 e. The monoisotopic (exact) mass is 279 g/mol. The molecule has 19 heavy (non-hydrogen) atoms. The lowest BCUT2D eigenvalue weighted by Gasteiger charge is -2.33. The Morgan fingerprint density at radius 1 is 1.21 bits per heavy atom. The third-order valence-electron chi connectivity index (χ3n) is 2.96. The Hall–Kier alpha value is -1.66. The molecular formula is C13H17N3O2S. The summed E-state index contributed by atoms with van der Waals surface area (Å²) in [7, 11) is 0. The van der Waals surface area contributed by atoms with E-state index in [2.05, 4.69) is 4.90 Å². The number of nitrogens with zero attached hydrogens (tertiary/aromatic N) is 2. The van der Waals surface area contributed by atoms with E-state index in [9.17, 15) is 4.79 Å². The van der Waals surface area contributed by atoms with Crippen LogP contribution in [-0.4, -0.2) is 53.6 Å². The van der Waals surface area contributed by atoms with Gasteiger partial charge in [0.25, 0.3) is 0 Å². The number of piperazine rings is 1. The molecule has 1 heterocycles. The van der Waals surface area contributed by atoms with E-state index in [1.165, 1.54) is 0 Å². The van der Waals surface area contributed by atoms with Crippen molar-refractivity contribution in [1.82, 2.24) is 9.80 Å². The molecule has 1 aromatic carbocycles. The number of nitrogens with two attached hydrogens (primary N) is 1. The van der Waals surface area contributed by atoms with Gasteiger partial charge in [-0.3, -0.25) is 4.90 Å². The summed E-state index contributed by atoms with van der Waals surface area (Å²) in [5.74, 6) is 0.568. The molecule has 1 amide bonds. The zero-order chi connectivity index (χ0) is 13.7. The predicted octanol–water partition coefficient (Wildman–Crippen LogP) is 1.09. The van der Waals surface area contributed by atoms with Crippen molar-refractivity contribution in [3.63, 3.8) is 0 Å². The highest BCUT2D eigenvalue weighted by Gasteiger charge is 2.22. The number of amides is 1. The molecule has 1 aromatic rings. The topological polar surface area (TPSA) is 58.8 Å². The number of thiocarbonyl (C=S) groups is 1. The molecule has 0 saturated carbocycles. The molecule has 5 nitrogen and oxygen atoms in total. The fourth-order valence-electron chi connectivity index (χ4n) is 1.96. The lowest BCUT2D eigenvalue weighted by atomic mass is 10.3. The van der Waals surface area contributed by atoms with Crippen LogP contribution >= 0.6 is 12.2 Å². The van der Waals surface area contributed by atoms with Gasteiger partial charge >= 0.3 is 6.09 Å². The molecule has 1 aliphatic rings. The minimum absolute atomic E-state index is 0.304. The van der Waals surface area contributed by atoms with Crippen LogP contribution in [-0.2, 0) is 0 Å². The molecule has 2 rings (SSSR count). The van der Waals surface area contributed by atoms with Gasteiger partial charge in [0.1, 0.15) is 5.75 Å². The van der Waals surface area contributed by atoms with Crippen molar-refractivity contribution in [2.24, 2.45) is 5.73 Å². The number of ether oxygens (including phenoxy) is 1. The van der Waals surface area contributed by atoms with E-state index in [-0.39, 0.29) is 6.09 Å². The van der Waals surface area contributed by atoms with E-state index >= 15 is 0 Å². The van der Waals surface area contributed by atoms with E-state index in [1.807, 2.05) is 18.2 Å². The first-order valence-electron chi connectivity index (χ1n) is 6.17. The van der Waals surface area contributed by atoms with Gasteiger partial charge in [-0.25, -0.2) is 4.79 Å². The van der Waals surface area contributed by atoms with Gasteiger partial charge in [0, 0.05) is 32.7 Å². The van der Waals surface area contributed by atoms with Gasteiger partial charge in [-0.2, -0.15) is 0 Å². The molecule has 0 aliphatic carbocycles. The first-order chi connectivity index (χ1) is 9.15. The number of carbonyl (C=O) groups is 1. The van der Waals surface area contributed by atoms with Crippen LogP contribution < -0.4 is 10.5 Å². The number of hydrogen-bond donors (Lipinski definition) is 1. The molecule has 1 fully saturated rings. The van der Waals surface area contributed by atoms with Gasteiger partial charge in [-0.05, 0) is 12.1 Å². The van der Waals surface area contributed by atoms with Crippen LogP contribution in [0.15, 0.2) is 30.3 Å². The highest BCUT2D eigenvalue weighted by atomic mass is 32.1. The van der Waals surface area contributed by atoms with Crippen molar-refractivity contribution in [3.8, 4) is 5.75 Å². The Kier molecular flexibility index (Phi) is 4.70. The fraction of sp³-hybridized carbons (Fsp3) is 0.385. The summed E-state index contributed by atoms with van der Waals surface area (Å²) in [6, 6.07) is 9.08. The predicted molar refractivity (Wildman–Crippen MR) is 77.3 cm³/mol. The second kappa shape index (κ2) is 6.49. The fourth-order valence-corrected chi connectivity index (χ4v) is 2.15. The van der Waals surface area contributed by atoms with Crippen molar-refractivity contribution in [3.05, 3.63) is 30.3 Å². The normalized spacial score (nSPS) is 16.1. The highest BCUT2D eigenvalue weighted by Crippen LogP contribution is 2.11. The highest BCUT2D eigenvalue weighted by molar-refractivity contribution is 7.80. The van der Waals surface area contributed by atoms with Gasteiger partial charge in [0.05, 0.1) is 4.99 Å². The minimum atomic E-state index is -0.304. The van der Waals surface area contributed by atoms with E-state index in [4.69, 9.17) is 22.7 Å². The molecule has 0 bridgehead atoms. The zero-order valence-corrected chi connectivity index (χ0v) is 11.4. The third kappa shape index (κ3) is 4.18. The van der Waals surface area contributed by atoms with Crippen LogP contribution in [0.3, 0.4) is 0 Å². The van der Waals surface area contributed by atoms with Gasteiger partial charge < -0.3 is 15.4 Å². The number of carbonyl (C=O) groups excluding carboxylic acids is 1. The molecule has 0 aromatic heterocycles. The van der Waals surface area contributed by atoms with Crippen LogP contribution in [0.2, 0.25) is 0 Å². The summed E-state index contributed by atoms with van der Waals surface area (Å²) in [5, 5.41) is 0. The van der Waals surface area contributed by atoms with E-state index in [1.54, 1.807) is 17.0 Å². The lowest BCUT2D eigenvalue weighted by Crippen LogP contribution is -2.51. The molecule has 0 unspecified atom stereocenters. The second-order valence-electron chi connectivity index (χ2n) is 4.41. The largest absolute Gasteiger partial charge is 0.415 e. The Morgan fingerprint density at radius 3 is 2.42 bits per heavy atom. The summed E-state index contributed by atoms with van der Waals surface area (Å²) in [4.78, 5) is 16.2. The molecule has 0 atom stereocenters. The quantitative estimate of drug-likeness (QED) is 0.839. The molecular weight excluding hydrogens is 262 g/mol. The molecule has 102 valence electrons. The van der Waals surface area contributed by atoms with Crippen LogP contribution in [0.1, 0.15) is 0 Å². The summed E-state index contributed by atoms with van der Waals surface area (Å²) in [6.45, 7) is 3.40. The van der Waals surface area contributed by atoms with E-state index in [0.29, 0.717) is 30.4 Å². The first-order valence-corrected chi connectivity index (χ1v) is 6.58. The van der Waals surface area contributed by atoms with Crippen molar-refractivity contribution in [1.29, 1.82) is 0 Å². The Morgan fingerprint density at radius 2 is 1.84 bits per heavy atom. The summed E-state index contributed by atoms with van der Waals surface area (Å²) >= 11 is 4.87. The number of para-hydroxylation sites is 1. The standard InChI is InChI=1S/C13H17N3O2S/c14-12(19)10-15-6-8-16(9-7-15)13(17)18-11-4-2-1-3-5-11/h1-5H,6-10H2,(H2,14,19). The van der Waals surface area contributed by atoms with Crippen LogP contribution in [0.25, 0.3) is 0 Å². The number of rotatable bonds is 3. The Labute approximate surface area is 117 Å². The zero-order valence-electron chi connectivity index (χ0n) is 10.6. The van der Waals surface area contributed by atoms with Crippen molar-refractivity contribution in [2.45, 2.75) is 0 Å². The maximum Gasteiger partial charge on any atom is 0.415 e. The van der Waals surface area contributed by atoms with Crippen molar-refractivity contribution in [2.75, 3.05) is 32.7 Å². The van der Waals surface area contributed by atoms with E-state index < -0.39 is 0 Å². The van der Waals surface area contributed by atoms with Crippen molar-refractivity contribution < 1.29 is 9.53 Å². The lowest BCUT2D eigenvalue weighted by molar-refractivity contribution is 0.117. The number of benzene rings is 1. The molecule has 2 N–H and O–H groups in total. The summed E-state index contributed by atoms with van der Waals surface area (Å²) in [6.07, 6.45) is -0.304. The average Bonchev–Trinajstić information content (AvgIpc) is 2.40. The van der Waals surface area contributed by atoms with Gasteiger partial charge in [-0.1, -0.05) is 30.4 Å². The molecule has 1 aliphatic heterocycles. The molecule has 1 saturated heterocycles. The third-order valence-corrected chi connectivity index (χ3v) is 3.09. The van der Waals surface area contributed by atoms with Gasteiger partial charge in [-0.15, -0.1) is 0 Å². The van der Waals surface area contributed by atoms with Gasteiger partial charge in [0.2, 0.25) is 0 Å². The van der Waals surface area contributed by atoms with E-state index in [0.717, 1.165) is 13.1 Å². The molecule has 6 heteroatoms. The molecule has 0 radical (unpaired) electrons. The van der Waals surface area contributed by atoms with Gasteiger partial charge in [0.15, 0.2) is 0 Å². The maximum absolute atomic E-state index is 11.9. The maximum atomic E-state index is 11.9. The first kappa shape index (κ1) is 13.8. The molecule has 0 spiro atoms. The Bertz CT molecular complexity index is 444. The van der Waals surface area contributed by atoms with Crippen LogP contribution in [0, 0.1) is 0 Å². The van der Waals surface area contributed by atoms with Crippen molar-refractivity contribution >= 4 is 23.3 Å². The summed E-state index contributed by atoms with van der Waals surface area (Å²) in [5.41, 5.74) is 5.50. The average molecular weight is 279 g/mol. The summed E-state index contributed by atoms with van der Waals surface area (Å²) < 4.78 is 5.29. The SMILES string of the molecule is NC(=S)CN1CCN(C(=O)Oc2ccccc2)CC1. The smallest absolute Gasteiger partial charge is 0.410 e. The Balaban J connectivity index is 1.81. The van der Waals surface area contributed by atoms with Crippen LogP contribution in [0.5, 0.6) is 5.75 Å².